The molecule has 2 heterocycles. The second-order valence-corrected chi connectivity index (χ2v) is 3.69. The average molecular weight is 209 g/mol. The van der Waals surface area contributed by atoms with Gasteiger partial charge in [0.1, 0.15) is 16.5 Å². The number of aromatic nitrogens is 4. The molecule has 0 unspecified atom stereocenters. The summed E-state index contributed by atoms with van der Waals surface area (Å²) in [4.78, 5) is 4.22. The lowest BCUT2D eigenvalue weighted by Crippen LogP contribution is -2.05. The Morgan fingerprint density at radius 1 is 1.57 bits per heavy atom. The minimum atomic E-state index is 0.658. The first-order valence-electron chi connectivity index (χ1n) is 4.38. The van der Waals surface area contributed by atoms with Crippen molar-refractivity contribution < 1.29 is 0 Å². The molecule has 2 aromatic heterocycles. The van der Waals surface area contributed by atoms with Crippen LogP contribution in [0.15, 0.2) is 12.4 Å². The summed E-state index contributed by atoms with van der Waals surface area (Å²) in [5.74, 6) is 1.04. The Kier molecular flexibility index (Phi) is 2.45. The molecule has 5 nitrogen and oxygen atoms in total. The normalized spacial score (nSPS) is 10.6. The van der Waals surface area contributed by atoms with Crippen LogP contribution in [-0.2, 0) is 13.0 Å². The summed E-state index contributed by atoms with van der Waals surface area (Å²) in [5, 5.41) is 4.64. The molecule has 0 aliphatic rings. The molecule has 0 aliphatic heterocycles. The van der Waals surface area contributed by atoms with Crippen molar-refractivity contribution in [2.45, 2.75) is 19.9 Å². The van der Waals surface area contributed by atoms with Crippen LogP contribution in [0.4, 0.5) is 5.00 Å². The third-order valence-electron chi connectivity index (χ3n) is 2.02. The van der Waals surface area contributed by atoms with Crippen LogP contribution >= 0.6 is 11.5 Å². The number of hydrogen-bond acceptors (Lipinski definition) is 5. The van der Waals surface area contributed by atoms with Gasteiger partial charge < -0.3 is 10.3 Å². The molecule has 0 saturated heterocycles. The molecule has 2 N–H and O–H groups in total. The molecule has 2 rings (SSSR count). The zero-order valence-corrected chi connectivity index (χ0v) is 8.66. The van der Waals surface area contributed by atoms with Crippen LogP contribution < -0.4 is 5.73 Å². The standard InChI is InChI=1S/C8H11N5S/c1-2-7-10-3-4-13(7)5-6-8(9)14-12-11-6/h3-4H,2,5,9H2,1H3. The van der Waals surface area contributed by atoms with Gasteiger partial charge in [-0.3, -0.25) is 0 Å². The predicted octanol–water partition coefficient (Wildman–Crippen LogP) is 0.927. The largest absolute Gasteiger partial charge is 0.388 e. The fourth-order valence-electron chi connectivity index (χ4n) is 1.28. The van der Waals surface area contributed by atoms with Gasteiger partial charge in [-0.1, -0.05) is 11.4 Å². The number of rotatable bonds is 3. The molecule has 0 aromatic carbocycles. The zero-order valence-electron chi connectivity index (χ0n) is 7.84. The van der Waals surface area contributed by atoms with E-state index in [1.54, 1.807) is 6.20 Å². The van der Waals surface area contributed by atoms with Crippen LogP contribution in [0.1, 0.15) is 18.4 Å². The van der Waals surface area contributed by atoms with Gasteiger partial charge >= 0.3 is 0 Å². The Balaban J connectivity index is 2.22. The van der Waals surface area contributed by atoms with Crippen molar-refractivity contribution in [3.8, 4) is 0 Å². The van der Waals surface area contributed by atoms with Crippen LogP contribution in [0, 0.1) is 0 Å². The van der Waals surface area contributed by atoms with Gasteiger partial charge in [0, 0.05) is 30.3 Å². The SMILES string of the molecule is CCc1nccn1Cc1nnsc1N. The lowest BCUT2D eigenvalue weighted by atomic mass is 10.4. The van der Waals surface area contributed by atoms with Crippen LogP contribution in [-0.4, -0.2) is 19.1 Å². The van der Waals surface area contributed by atoms with Gasteiger partial charge in [-0.05, 0) is 0 Å². The van der Waals surface area contributed by atoms with Crippen LogP contribution in [0.3, 0.4) is 0 Å². The maximum absolute atomic E-state index is 5.71. The molecule has 2 aromatic rings. The summed E-state index contributed by atoms with van der Waals surface area (Å²) in [6.45, 7) is 2.73. The third-order valence-corrected chi connectivity index (χ3v) is 2.62. The molecular weight excluding hydrogens is 198 g/mol. The monoisotopic (exact) mass is 209 g/mol. The number of nitrogens with two attached hydrogens (primary N) is 1. The molecule has 6 heteroatoms. The number of aryl methyl sites for hydroxylation is 1. The van der Waals surface area contributed by atoms with E-state index >= 15 is 0 Å². The first-order valence-corrected chi connectivity index (χ1v) is 5.15. The van der Waals surface area contributed by atoms with Gasteiger partial charge in [-0.2, -0.15) is 0 Å². The third kappa shape index (κ3) is 1.60. The summed E-state index contributed by atoms with van der Waals surface area (Å²) >= 11 is 1.22. The summed E-state index contributed by atoms with van der Waals surface area (Å²) in [5.41, 5.74) is 6.53. The van der Waals surface area contributed by atoms with Crippen molar-refractivity contribution in [2.24, 2.45) is 0 Å². The van der Waals surface area contributed by atoms with E-state index in [-0.39, 0.29) is 0 Å². The van der Waals surface area contributed by atoms with E-state index in [1.807, 2.05) is 10.8 Å². The molecule has 74 valence electrons. The molecule has 14 heavy (non-hydrogen) atoms. The maximum Gasteiger partial charge on any atom is 0.132 e. The van der Waals surface area contributed by atoms with E-state index in [0.29, 0.717) is 11.5 Å². The first kappa shape index (κ1) is 9.14. The lowest BCUT2D eigenvalue weighted by molar-refractivity contribution is 0.715. The van der Waals surface area contributed by atoms with Gasteiger partial charge in [0.25, 0.3) is 0 Å². The zero-order chi connectivity index (χ0) is 9.97. The van der Waals surface area contributed by atoms with Crippen molar-refractivity contribution in [1.82, 2.24) is 19.1 Å². The van der Waals surface area contributed by atoms with Crippen LogP contribution in [0.5, 0.6) is 0 Å². The molecule has 0 radical (unpaired) electrons. The second kappa shape index (κ2) is 3.75. The summed E-state index contributed by atoms with van der Waals surface area (Å²) < 4.78 is 5.83. The fourth-order valence-corrected chi connectivity index (χ4v) is 1.72. The molecule has 0 atom stereocenters. The topological polar surface area (TPSA) is 69.6 Å². The van der Waals surface area contributed by atoms with E-state index in [0.717, 1.165) is 17.9 Å². The van der Waals surface area contributed by atoms with E-state index < -0.39 is 0 Å². The van der Waals surface area contributed by atoms with Crippen molar-refractivity contribution in [1.29, 1.82) is 0 Å². The van der Waals surface area contributed by atoms with Gasteiger partial charge in [0.05, 0.1) is 6.54 Å². The van der Waals surface area contributed by atoms with Crippen molar-refractivity contribution in [3.05, 3.63) is 23.9 Å². The average Bonchev–Trinajstić information content (AvgIpc) is 2.77. The molecule has 0 aliphatic carbocycles. The smallest absolute Gasteiger partial charge is 0.132 e. The first-order chi connectivity index (χ1) is 6.81. The number of imidazole rings is 1. The van der Waals surface area contributed by atoms with E-state index in [1.165, 1.54) is 11.5 Å². The van der Waals surface area contributed by atoms with Crippen LogP contribution in [0.2, 0.25) is 0 Å². The lowest BCUT2D eigenvalue weighted by Gasteiger charge is -2.03. The van der Waals surface area contributed by atoms with Crippen molar-refractivity contribution in [3.63, 3.8) is 0 Å². The summed E-state index contributed by atoms with van der Waals surface area (Å²) in [6.07, 6.45) is 4.62. The maximum atomic E-state index is 5.71. The second-order valence-electron chi connectivity index (χ2n) is 2.91. The number of nitrogens with zero attached hydrogens (tertiary/aromatic N) is 4. The number of anilines is 1. The van der Waals surface area contributed by atoms with Crippen LogP contribution in [0.25, 0.3) is 0 Å². The molecule has 0 fully saturated rings. The Morgan fingerprint density at radius 2 is 2.43 bits per heavy atom. The Labute approximate surface area is 85.8 Å². The minimum absolute atomic E-state index is 0.658. The summed E-state index contributed by atoms with van der Waals surface area (Å²) in [6, 6.07) is 0. The van der Waals surface area contributed by atoms with Gasteiger partial charge in [-0.15, -0.1) is 5.10 Å². The van der Waals surface area contributed by atoms with Gasteiger partial charge in [0.15, 0.2) is 0 Å². The molecule has 0 bridgehead atoms. The molecule has 0 amide bonds. The highest BCUT2D eigenvalue weighted by Crippen LogP contribution is 2.14. The Bertz CT molecular complexity index is 419. The Morgan fingerprint density at radius 3 is 3.07 bits per heavy atom. The fraction of sp³-hybridized carbons (Fsp3) is 0.375. The number of nitrogen functional groups attached to an aromatic ring is 1. The van der Waals surface area contributed by atoms with Crippen molar-refractivity contribution >= 4 is 16.5 Å². The van der Waals surface area contributed by atoms with E-state index in [9.17, 15) is 0 Å². The quantitative estimate of drug-likeness (QED) is 0.816. The highest BCUT2D eigenvalue weighted by molar-refractivity contribution is 7.09. The van der Waals surface area contributed by atoms with Gasteiger partial charge in [0.2, 0.25) is 0 Å². The molecule has 0 saturated carbocycles. The van der Waals surface area contributed by atoms with Crippen molar-refractivity contribution in [2.75, 3.05) is 5.73 Å². The highest BCUT2D eigenvalue weighted by atomic mass is 32.1. The number of hydrogen-bond donors (Lipinski definition) is 1. The highest BCUT2D eigenvalue weighted by Gasteiger charge is 2.07. The summed E-state index contributed by atoms with van der Waals surface area (Å²) in [7, 11) is 0. The van der Waals surface area contributed by atoms with E-state index in [2.05, 4.69) is 21.5 Å². The Hall–Kier alpha value is -1.43. The van der Waals surface area contributed by atoms with Gasteiger partial charge in [-0.25, -0.2) is 4.98 Å². The van der Waals surface area contributed by atoms with E-state index in [4.69, 9.17) is 5.73 Å². The minimum Gasteiger partial charge on any atom is -0.388 e. The molecule has 0 spiro atoms. The molecular formula is C8H11N5S. The predicted molar refractivity (Wildman–Crippen MR) is 55.0 cm³/mol.